The Morgan fingerprint density at radius 3 is 2.39 bits per heavy atom. The number of hydrogen-bond acceptors (Lipinski definition) is 6. The topological polar surface area (TPSA) is 89.3 Å². The smallest absolute Gasteiger partial charge is 0.250 e. The molecule has 0 saturated carbocycles. The second-order valence-electron chi connectivity index (χ2n) is 10.1. The van der Waals surface area contributed by atoms with Crippen LogP contribution in [0.15, 0.2) is 53.5 Å². The van der Waals surface area contributed by atoms with E-state index in [-0.39, 0.29) is 28.5 Å². The monoisotopic (exact) mass is 446 g/mol. The van der Waals surface area contributed by atoms with E-state index in [0.29, 0.717) is 17.1 Å². The second-order valence-corrected chi connectivity index (χ2v) is 10.1. The number of pyridine rings is 1. The van der Waals surface area contributed by atoms with Gasteiger partial charge in [-0.2, -0.15) is 0 Å². The van der Waals surface area contributed by atoms with E-state index in [4.69, 9.17) is 4.74 Å². The first-order chi connectivity index (χ1) is 15.7. The molecule has 2 saturated heterocycles. The van der Waals surface area contributed by atoms with Crippen LogP contribution in [0.25, 0.3) is 22.4 Å². The average molecular weight is 447 g/mol. The highest BCUT2D eigenvalue weighted by Gasteiger charge is 2.46. The van der Waals surface area contributed by atoms with Crippen molar-refractivity contribution in [2.45, 2.75) is 63.1 Å². The molecule has 0 amide bonds. The number of phenols is 1. The highest BCUT2D eigenvalue weighted by molar-refractivity contribution is 5.74. The molecule has 0 spiro atoms. The van der Waals surface area contributed by atoms with Gasteiger partial charge in [0.15, 0.2) is 0 Å². The summed E-state index contributed by atoms with van der Waals surface area (Å²) >= 11 is 0. The van der Waals surface area contributed by atoms with E-state index in [1.807, 2.05) is 24.3 Å². The first-order valence-corrected chi connectivity index (χ1v) is 11.5. The van der Waals surface area contributed by atoms with Gasteiger partial charge in [-0.05, 0) is 68.5 Å². The largest absolute Gasteiger partial charge is 0.507 e. The number of fused-ring (bicyclic) bond motifs is 2. The van der Waals surface area contributed by atoms with E-state index >= 15 is 0 Å². The van der Waals surface area contributed by atoms with Crippen LogP contribution < -0.4 is 15.6 Å². The number of phenolic OH excluding ortho intramolecular Hbond substituents is 1. The normalized spacial score (nSPS) is 26.7. The number of hydrogen-bond donors (Lipinski definition) is 2. The molecule has 1 aromatic carbocycles. The van der Waals surface area contributed by atoms with Crippen molar-refractivity contribution in [1.29, 1.82) is 0 Å². The van der Waals surface area contributed by atoms with Gasteiger partial charge in [-0.1, -0.05) is 6.07 Å². The van der Waals surface area contributed by atoms with Gasteiger partial charge in [-0.25, -0.2) is 0 Å². The summed E-state index contributed by atoms with van der Waals surface area (Å²) in [6, 6.07) is 12.3. The van der Waals surface area contributed by atoms with Gasteiger partial charge in [0.25, 0.3) is 5.56 Å². The molecule has 4 heterocycles. The lowest BCUT2D eigenvalue weighted by Gasteiger charge is -2.53. The highest BCUT2D eigenvalue weighted by atomic mass is 16.5. The molecule has 5 rings (SSSR count). The molecule has 2 bridgehead atoms. The fourth-order valence-corrected chi connectivity index (χ4v) is 5.54. The summed E-state index contributed by atoms with van der Waals surface area (Å²) in [6.07, 6.45) is 7.31. The number of ether oxygens (including phenoxy) is 1. The Labute approximate surface area is 193 Å². The molecule has 0 radical (unpaired) electrons. The Balaban J connectivity index is 1.32. The second kappa shape index (κ2) is 7.99. The predicted octanol–water partition coefficient (Wildman–Crippen LogP) is 4.05. The molecule has 7 nitrogen and oxygen atoms in total. The van der Waals surface area contributed by atoms with Crippen molar-refractivity contribution >= 4 is 0 Å². The van der Waals surface area contributed by atoms with Gasteiger partial charge in [0.05, 0.1) is 5.69 Å². The van der Waals surface area contributed by atoms with Gasteiger partial charge in [0.2, 0.25) is 5.88 Å². The van der Waals surface area contributed by atoms with Crippen molar-refractivity contribution in [1.82, 2.24) is 20.1 Å². The minimum absolute atomic E-state index is 0.0863. The summed E-state index contributed by atoms with van der Waals surface area (Å²) < 4.78 is 7.74. The Hall–Kier alpha value is -3.19. The van der Waals surface area contributed by atoms with Crippen LogP contribution >= 0.6 is 0 Å². The summed E-state index contributed by atoms with van der Waals surface area (Å²) in [5.74, 6) is 0.593. The minimum atomic E-state index is -0.0992. The van der Waals surface area contributed by atoms with Gasteiger partial charge in [-0.3, -0.25) is 4.79 Å². The van der Waals surface area contributed by atoms with Crippen LogP contribution in [0.4, 0.5) is 0 Å². The predicted molar refractivity (Wildman–Crippen MR) is 127 cm³/mol. The van der Waals surface area contributed by atoms with Gasteiger partial charge in [0, 0.05) is 54.9 Å². The molecule has 172 valence electrons. The number of benzene rings is 1. The molecule has 2 aliphatic heterocycles. The van der Waals surface area contributed by atoms with Gasteiger partial charge < -0.3 is 19.7 Å². The third-order valence-electron chi connectivity index (χ3n) is 7.06. The lowest BCUT2D eigenvalue weighted by molar-refractivity contribution is 0.00726. The lowest BCUT2D eigenvalue weighted by Crippen LogP contribution is -2.65. The molecule has 2 fully saturated rings. The summed E-state index contributed by atoms with van der Waals surface area (Å²) in [5.41, 5.74) is 2.79. The molecule has 2 N–H and O–H groups in total. The Bertz CT molecular complexity index is 1220. The summed E-state index contributed by atoms with van der Waals surface area (Å²) in [4.78, 5) is 11.9. The molecule has 7 heteroatoms. The maximum Gasteiger partial charge on any atom is 0.250 e. The number of rotatable bonds is 4. The maximum absolute atomic E-state index is 11.9. The fraction of sp³-hybridized carbons (Fsp3) is 0.423. The van der Waals surface area contributed by atoms with Crippen molar-refractivity contribution in [3.05, 3.63) is 59.0 Å². The molecule has 0 aliphatic carbocycles. The Morgan fingerprint density at radius 1 is 1.03 bits per heavy atom. The van der Waals surface area contributed by atoms with Crippen LogP contribution in [0.1, 0.15) is 46.0 Å². The van der Waals surface area contributed by atoms with E-state index in [9.17, 15) is 9.90 Å². The molecule has 0 unspecified atom stereocenters. The molecular weight excluding hydrogens is 416 g/mol. The molecule has 33 heavy (non-hydrogen) atoms. The average Bonchev–Trinajstić information content (AvgIpc) is 2.75. The van der Waals surface area contributed by atoms with Gasteiger partial charge in [-0.15, -0.1) is 10.2 Å². The van der Waals surface area contributed by atoms with E-state index in [1.54, 1.807) is 31.4 Å². The standard InChI is InChI=1S/C26H30N4O3/c1-25-10-4-11-26(2,29-25)16-19(15-25)33-23-8-7-21(27-28-23)20-6-5-17(13-22(20)31)18-9-12-30(3)24(32)14-18/h5-9,12-14,19,29,31H,4,10-11,15-16H2,1-3H3/t19-,25-,26+. The van der Waals surface area contributed by atoms with E-state index in [1.165, 1.54) is 23.8 Å². The lowest BCUT2D eigenvalue weighted by atomic mass is 9.70. The molecule has 2 aliphatic rings. The first kappa shape index (κ1) is 21.6. The zero-order valence-corrected chi connectivity index (χ0v) is 19.3. The van der Waals surface area contributed by atoms with Crippen LogP contribution in [0, 0.1) is 0 Å². The molecule has 3 aromatic rings. The number of aromatic hydroxyl groups is 1. The van der Waals surface area contributed by atoms with Gasteiger partial charge >= 0.3 is 0 Å². The van der Waals surface area contributed by atoms with Crippen LogP contribution in [-0.4, -0.2) is 37.1 Å². The summed E-state index contributed by atoms with van der Waals surface area (Å²) in [7, 11) is 1.70. The summed E-state index contributed by atoms with van der Waals surface area (Å²) in [5, 5.41) is 23.0. The molecular formula is C26H30N4O3. The third kappa shape index (κ3) is 4.37. The summed E-state index contributed by atoms with van der Waals surface area (Å²) in [6.45, 7) is 4.57. The van der Waals surface area contributed by atoms with Crippen molar-refractivity contribution in [2.24, 2.45) is 7.05 Å². The number of piperidine rings is 2. The first-order valence-electron chi connectivity index (χ1n) is 11.5. The fourth-order valence-electron chi connectivity index (χ4n) is 5.54. The van der Waals surface area contributed by atoms with Crippen LogP contribution in [0.2, 0.25) is 0 Å². The minimum Gasteiger partial charge on any atom is -0.507 e. The quantitative estimate of drug-likeness (QED) is 0.629. The SMILES string of the molecule is Cn1ccc(-c2ccc(-c3ccc(O[C@H]4C[C@]5(C)CCC[C@](C)(C4)N5)nn3)c(O)c2)cc1=O. The van der Waals surface area contributed by atoms with Crippen LogP contribution in [0.3, 0.4) is 0 Å². The molecule has 2 aromatic heterocycles. The van der Waals surface area contributed by atoms with Crippen LogP contribution in [0.5, 0.6) is 11.6 Å². The van der Waals surface area contributed by atoms with Crippen LogP contribution in [-0.2, 0) is 7.05 Å². The zero-order valence-electron chi connectivity index (χ0n) is 19.3. The van der Waals surface area contributed by atoms with Gasteiger partial charge in [0.1, 0.15) is 11.9 Å². The number of aromatic nitrogens is 3. The Morgan fingerprint density at radius 2 is 1.76 bits per heavy atom. The number of aryl methyl sites for hydroxylation is 1. The Kier molecular flexibility index (Phi) is 5.24. The van der Waals surface area contributed by atoms with E-state index in [2.05, 4.69) is 29.4 Å². The van der Waals surface area contributed by atoms with E-state index < -0.39 is 0 Å². The van der Waals surface area contributed by atoms with E-state index in [0.717, 1.165) is 24.0 Å². The highest BCUT2D eigenvalue weighted by Crippen LogP contribution is 2.41. The zero-order chi connectivity index (χ0) is 23.2. The third-order valence-corrected chi connectivity index (χ3v) is 7.06. The van der Waals surface area contributed by atoms with Crippen molar-refractivity contribution < 1.29 is 9.84 Å². The number of nitrogens with zero attached hydrogens (tertiary/aromatic N) is 3. The van der Waals surface area contributed by atoms with Crippen molar-refractivity contribution in [3.8, 4) is 34.0 Å². The maximum atomic E-state index is 11.9. The molecule has 3 atom stereocenters. The van der Waals surface area contributed by atoms with Crippen molar-refractivity contribution in [2.75, 3.05) is 0 Å². The van der Waals surface area contributed by atoms with Crippen molar-refractivity contribution in [3.63, 3.8) is 0 Å². The number of nitrogens with one attached hydrogen (secondary N) is 1.